The lowest BCUT2D eigenvalue weighted by molar-refractivity contribution is 0.0869. The van der Waals surface area contributed by atoms with Crippen molar-refractivity contribution >= 4 is 17.4 Å². The minimum Gasteiger partial charge on any atom is -0.359 e. The number of nitrogens with one attached hydrogen (secondary N) is 2. The van der Waals surface area contributed by atoms with E-state index in [0.717, 1.165) is 16.8 Å². The van der Waals surface area contributed by atoms with Gasteiger partial charge >= 0.3 is 0 Å². The Balaban J connectivity index is 1.88. The van der Waals surface area contributed by atoms with Gasteiger partial charge in [0.25, 0.3) is 5.91 Å². The number of amides is 1. The van der Waals surface area contributed by atoms with E-state index in [-0.39, 0.29) is 11.7 Å². The third-order valence-corrected chi connectivity index (χ3v) is 4.31. The highest BCUT2D eigenvalue weighted by Crippen LogP contribution is 2.18. The van der Waals surface area contributed by atoms with Crippen molar-refractivity contribution in [3.05, 3.63) is 101 Å². The average molecular weight is 358 g/mol. The second-order valence-electron chi connectivity index (χ2n) is 6.47. The number of Topliss-reactive ketones (excluding diaryl/α,β-unsaturated/α-hetero) is 1. The highest BCUT2D eigenvalue weighted by Gasteiger charge is 2.23. The Morgan fingerprint density at radius 1 is 0.778 bits per heavy atom. The quantitative estimate of drug-likeness (QED) is 0.509. The predicted molar refractivity (Wildman–Crippen MR) is 108 cm³/mol. The van der Waals surface area contributed by atoms with Crippen LogP contribution >= 0.6 is 0 Å². The molecule has 136 valence electrons. The summed E-state index contributed by atoms with van der Waals surface area (Å²) < 4.78 is 0. The van der Waals surface area contributed by atoms with Gasteiger partial charge in [0.05, 0.1) is 0 Å². The van der Waals surface area contributed by atoms with Gasteiger partial charge in [0, 0.05) is 16.8 Å². The third kappa shape index (κ3) is 4.61. The number of hydrogen-bond donors (Lipinski definition) is 2. The summed E-state index contributed by atoms with van der Waals surface area (Å²) in [6.07, 6.45) is -0.874. The van der Waals surface area contributed by atoms with E-state index in [2.05, 4.69) is 10.6 Å². The molecule has 4 nitrogen and oxygen atoms in total. The summed E-state index contributed by atoms with van der Waals surface area (Å²) in [6, 6.07) is 23.7. The van der Waals surface area contributed by atoms with Gasteiger partial charge in [-0.05, 0) is 37.6 Å². The molecule has 1 atom stereocenters. The molecule has 3 rings (SSSR count). The second-order valence-corrected chi connectivity index (χ2v) is 6.47. The number of anilines is 1. The number of benzene rings is 3. The highest BCUT2D eigenvalue weighted by atomic mass is 16.2. The molecule has 0 heterocycles. The zero-order valence-electron chi connectivity index (χ0n) is 15.4. The van der Waals surface area contributed by atoms with Crippen LogP contribution in [0.2, 0.25) is 0 Å². The van der Waals surface area contributed by atoms with E-state index in [4.69, 9.17) is 0 Å². The zero-order valence-corrected chi connectivity index (χ0v) is 15.4. The van der Waals surface area contributed by atoms with Gasteiger partial charge in [-0.25, -0.2) is 0 Å². The van der Waals surface area contributed by atoms with Crippen LogP contribution in [0.3, 0.4) is 0 Å². The van der Waals surface area contributed by atoms with Crippen LogP contribution in [-0.2, 0) is 0 Å². The first-order valence-corrected chi connectivity index (χ1v) is 8.83. The first-order valence-electron chi connectivity index (χ1n) is 8.83. The van der Waals surface area contributed by atoms with Crippen LogP contribution in [0, 0.1) is 13.8 Å². The Kier molecular flexibility index (Phi) is 5.67. The number of carbonyl (C=O) groups excluding carboxylic acids is 2. The SMILES string of the molecule is Cc1ccc(N[C@@H](NC(=O)c2ccccc2)C(=O)c2ccccc2)c(C)c1. The standard InChI is InChI=1S/C23H22N2O2/c1-16-13-14-20(17(2)15-16)24-22(21(26)18-9-5-3-6-10-18)25-23(27)19-11-7-4-8-12-19/h3-15,22,24H,1-2H3,(H,25,27)/t22-/m0/s1. The fraction of sp³-hybridized carbons (Fsp3) is 0.130. The van der Waals surface area contributed by atoms with Gasteiger partial charge in [-0.3, -0.25) is 9.59 Å². The van der Waals surface area contributed by atoms with Crippen molar-refractivity contribution in [2.75, 3.05) is 5.32 Å². The summed E-state index contributed by atoms with van der Waals surface area (Å²) in [5.41, 5.74) is 3.99. The Bertz CT molecular complexity index is 937. The van der Waals surface area contributed by atoms with Gasteiger partial charge in [-0.2, -0.15) is 0 Å². The van der Waals surface area contributed by atoms with Crippen LogP contribution in [-0.4, -0.2) is 17.9 Å². The summed E-state index contributed by atoms with van der Waals surface area (Å²) >= 11 is 0. The molecule has 0 saturated carbocycles. The normalized spacial score (nSPS) is 11.5. The smallest absolute Gasteiger partial charge is 0.253 e. The molecular formula is C23H22N2O2. The van der Waals surface area contributed by atoms with E-state index >= 15 is 0 Å². The maximum absolute atomic E-state index is 13.0. The molecule has 0 aromatic heterocycles. The van der Waals surface area contributed by atoms with E-state index in [0.29, 0.717) is 11.1 Å². The molecule has 1 amide bonds. The van der Waals surface area contributed by atoms with Crippen LogP contribution in [0.1, 0.15) is 31.8 Å². The van der Waals surface area contributed by atoms with Crippen molar-refractivity contribution in [2.24, 2.45) is 0 Å². The fourth-order valence-corrected chi connectivity index (χ4v) is 2.87. The molecule has 0 fully saturated rings. The molecule has 0 aliphatic carbocycles. The van der Waals surface area contributed by atoms with E-state index in [9.17, 15) is 9.59 Å². The first-order chi connectivity index (χ1) is 13.0. The lowest BCUT2D eigenvalue weighted by Gasteiger charge is -2.22. The molecular weight excluding hydrogens is 336 g/mol. The van der Waals surface area contributed by atoms with Crippen LogP contribution in [0.4, 0.5) is 5.69 Å². The van der Waals surface area contributed by atoms with Gasteiger partial charge < -0.3 is 10.6 Å². The average Bonchev–Trinajstić information content (AvgIpc) is 2.70. The molecule has 0 saturated heterocycles. The molecule has 0 aliphatic rings. The lowest BCUT2D eigenvalue weighted by Crippen LogP contribution is -2.46. The molecule has 0 unspecified atom stereocenters. The molecule has 0 bridgehead atoms. The molecule has 0 spiro atoms. The minimum atomic E-state index is -0.874. The van der Waals surface area contributed by atoms with Crippen molar-refractivity contribution in [3.63, 3.8) is 0 Å². The molecule has 2 N–H and O–H groups in total. The monoisotopic (exact) mass is 358 g/mol. The number of rotatable bonds is 6. The number of aryl methyl sites for hydroxylation is 2. The summed E-state index contributed by atoms with van der Waals surface area (Å²) in [7, 11) is 0. The lowest BCUT2D eigenvalue weighted by atomic mass is 10.1. The minimum absolute atomic E-state index is 0.195. The number of hydrogen-bond acceptors (Lipinski definition) is 3. The van der Waals surface area contributed by atoms with Crippen molar-refractivity contribution in [1.82, 2.24) is 5.32 Å². The second kappa shape index (κ2) is 8.32. The fourth-order valence-electron chi connectivity index (χ4n) is 2.87. The summed E-state index contributed by atoms with van der Waals surface area (Å²) in [6.45, 7) is 3.99. The van der Waals surface area contributed by atoms with Crippen molar-refractivity contribution < 1.29 is 9.59 Å². The van der Waals surface area contributed by atoms with E-state index < -0.39 is 6.17 Å². The van der Waals surface area contributed by atoms with Crippen molar-refractivity contribution in [1.29, 1.82) is 0 Å². The van der Waals surface area contributed by atoms with Gasteiger partial charge in [-0.1, -0.05) is 66.2 Å². The Morgan fingerprint density at radius 3 is 1.96 bits per heavy atom. The first kappa shape index (κ1) is 18.4. The molecule has 3 aromatic rings. The highest BCUT2D eigenvalue weighted by molar-refractivity contribution is 6.05. The number of ketones is 1. The Morgan fingerprint density at radius 2 is 1.37 bits per heavy atom. The van der Waals surface area contributed by atoms with Crippen molar-refractivity contribution in [2.45, 2.75) is 20.0 Å². The summed E-state index contributed by atoms with van der Waals surface area (Å²) in [5, 5.41) is 6.01. The summed E-state index contributed by atoms with van der Waals surface area (Å²) in [4.78, 5) is 25.6. The molecule has 27 heavy (non-hydrogen) atoms. The third-order valence-electron chi connectivity index (χ3n) is 4.31. The maximum Gasteiger partial charge on any atom is 0.253 e. The van der Waals surface area contributed by atoms with Crippen molar-refractivity contribution in [3.8, 4) is 0 Å². The van der Waals surface area contributed by atoms with Crippen LogP contribution in [0.25, 0.3) is 0 Å². The maximum atomic E-state index is 13.0. The van der Waals surface area contributed by atoms with Gasteiger partial charge in [0.15, 0.2) is 6.17 Å². The predicted octanol–water partition coefficient (Wildman–Crippen LogP) is 4.35. The van der Waals surface area contributed by atoms with E-state index in [1.165, 1.54) is 0 Å². The van der Waals surface area contributed by atoms with E-state index in [1.54, 1.807) is 48.5 Å². The molecule has 3 aromatic carbocycles. The largest absolute Gasteiger partial charge is 0.359 e. The Hall–Kier alpha value is -3.40. The van der Waals surface area contributed by atoms with Gasteiger partial charge in [-0.15, -0.1) is 0 Å². The summed E-state index contributed by atoms with van der Waals surface area (Å²) in [5.74, 6) is -0.498. The van der Waals surface area contributed by atoms with Gasteiger partial charge in [0.2, 0.25) is 5.78 Å². The van der Waals surface area contributed by atoms with E-state index in [1.807, 2.05) is 44.2 Å². The zero-order chi connectivity index (χ0) is 19.2. The van der Waals surface area contributed by atoms with Gasteiger partial charge in [0.1, 0.15) is 0 Å². The van der Waals surface area contributed by atoms with Crippen LogP contribution < -0.4 is 10.6 Å². The number of carbonyl (C=O) groups is 2. The molecule has 4 heteroatoms. The van der Waals surface area contributed by atoms with Crippen LogP contribution in [0.15, 0.2) is 78.9 Å². The molecule has 0 radical (unpaired) electrons. The van der Waals surface area contributed by atoms with Crippen LogP contribution in [0.5, 0.6) is 0 Å². The topological polar surface area (TPSA) is 58.2 Å². The molecule has 0 aliphatic heterocycles. The Labute approximate surface area is 159 Å².